The Bertz CT molecular complexity index is 3220. The second-order valence-electron chi connectivity index (χ2n) is 10.6. The Balaban J connectivity index is 1.47. The molecule has 0 radical (unpaired) electrons. The van der Waals surface area contributed by atoms with Crippen LogP contribution in [0.15, 0.2) is 174 Å². The highest BCUT2D eigenvalue weighted by Gasteiger charge is 2.21. The molecule has 0 aliphatic heterocycles. The van der Waals surface area contributed by atoms with E-state index < -0.39 is 84.6 Å². The Kier molecular flexibility index (Phi) is 3.50. The van der Waals surface area contributed by atoms with Crippen molar-refractivity contribution in [1.29, 1.82) is 0 Å². The van der Waals surface area contributed by atoms with Gasteiger partial charge in [-0.2, -0.15) is 0 Å². The van der Waals surface area contributed by atoms with Crippen LogP contribution in [0.1, 0.15) is 19.2 Å². The third-order valence-electron chi connectivity index (χ3n) is 8.16. The van der Waals surface area contributed by atoms with Gasteiger partial charge in [0.25, 0.3) is 0 Å². The molecule has 0 saturated carbocycles. The molecule has 9 rings (SSSR count). The summed E-state index contributed by atoms with van der Waals surface area (Å²) in [6.07, 6.45) is 0. The maximum Gasteiger partial charge on any atom is 0.143 e. The molecule has 0 aliphatic rings. The molecule has 9 aromatic rings. The normalized spacial score (nSPS) is 15.9. The van der Waals surface area contributed by atoms with E-state index in [4.69, 9.17) is 22.2 Å². The minimum absolute atomic E-state index is 0.0457. The van der Waals surface area contributed by atoms with Crippen molar-refractivity contribution in [1.82, 2.24) is 0 Å². The topological polar surface area (TPSA) is 13.1 Å². The molecule has 8 aromatic carbocycles. The average molecular weight is 587 g/mol. The quantitative estimate of drug-likeness (QED) is 0.187. The molecule has 1 aromatic heterocycles. The minimum atomic E-state index is -0.651. The number of fused-ring (bicyclic) bond motifs is 5. The van der Waals surface area contributed by atoms with Crippen LogP contribution in [-0.2, 0) is 0 Å². The van der Waals surface area contributed by atoms with Crippen LogP contribution in [0.25, 0.3) is 88.0 Å². The van der Waals surface area contributed by atoms with E-state index in [0.717, 1.165) is 5.39 Å². The van der Waals surface area contributed by atoms with E-state index in [1.54, 1.807) is 36.4 Å². The van der Waals surface area contributed by atoms with Crippen molar-refractivity contribution < 1.29 is 23.6 Å². The lowest BCUT2D eigenvalue weighted by Gasteiger charge is -2.20. The lowest BCUT2D eigenvalue weighted by Crippen LogP contribution is -1.93. The van der Waals surface area contributed by atoms with Crippen LogP contribution in [0.4, 0.5) is 0 Å². The van der Waals surface area contributed by atoms with Gasteiger partial charge >= 0.3 is 0 Å². The van der Waals surface area contributed by atoms with E-state index in [-0.39, 0.29) is 27.8 Å². The average Bonchev–Trinajstić information content (AvgIpc) is 3.63. The highest BCUT2D eigenvalue weighted by Crippen LogP contribution is 2.48. The highest BCUT2D eigenvalue weighted by molar-refractivity contribution is 6.23. The molecule has 210 valence electrons. The van der Waals surface area contributed by atoms with E-state index in [2.05, 4.69) is 0 Å². The summed E-state index contributed by atoms with van der Waals surface area (Å²) in [7, 11) is 0. The van der Waals surface area contributed by atoms with Crippen molar-refractivity contribution in [3.8, 4) is 44.5 Å². The monoisotopic (exact) mass is 586 g/mol. The minimum Gasteiger partial charge on any atom is -0.455 e. The Morgan fingerprint density at radius 2 is 0.867 bits per heavy atom. The number of hydrogen-bond acceptors (Lipinski definition) is 1. The molecule has 1 nitrogen and oxygen atoms in total. The maximum absolute atomic E-state index is 9.35. The van der Waals surface area contributed by atoms with Crippen LogP contribution in [0.3, 0.4) is 0 Å². The van der Waals surface area contributed by atoms with Crippen molar-refractivity contribution in [3.05, 3.63) is 170 Å². The summed E-state index contributed by atoms with van der Waals surface area (Å²) in [4.78, 5) is 0. The molecule has 0 amide bonds. The number of rotatable bonds is 4. The van der Waals surface area contributed by atoms with Crippen LogP contribution < -0.4 is 0 Å². The first-order valence-electron chi connectivity index (χ1n) is 21.3. The third kappa shape index (κ3) is 4.09. The lowest BCUT2D eigenvalue weighted by atomic mass is 9.83. The Morgan fingerprint density at radius 3 is 1.49 bits per heavy atom. The fourth-order valence-electron chi connectivity index (χ4n) is 6.31. The van der Waals surface area contributed by atoms with Crippen LogP contribution in [-0.4, -0.2) is 0 Å². The van der Waals surface area contributed by atoms with Gasteiger partial charge in [0.1, 0.15) is 11.2 Å². The van der Waals surface area contributed by atoms with Crippen molar-refractivity contribution in [2.45, 2.75) is 0 Å². The summed E-state index contributed by atoms with van der Waals surface area (Å²) in [5.41, 5.74) is 2.00. The van der Waals surface area contributed by atoms with E-state index in [1.807, 2.05) is 48.5 Å². The van der Waals surface area contributed by atoms with Crippen LogP contribution >= 0.6 is 0 Å². The van der Waals surface area contributed by atoms with Gasteiger partial charge in [-0.05, 0) is 78.7 Å². The van der Waals surface area contributed by atoms with Gasteiger partial charge < -0.3 is 4.42 Å². The van der Waals surface area contributed by atoms with Gasteiger partial charge in [-0.3, -0.25) is 0 Å². The summed E-state index contributed by atoms with van der Waals surface area (Å²) in [6, 6.07) is 17.6. The first-order valence-corrected chi connectivity index (χ1v) is 14.3. The van der Waals surface area contributed by atoms with Crippen molar-refractivity contribution in [2.24, 2.45) is 0 Å². The first-order chi connectivity index (χ1) is 28.1. The van der Waals surface area contributed by atoms with Crippen LogP contribution in [0.5, 0.6) is 0 Å². The predicted molar refractivity (Wildman–Crippen MR) is 190 cm³/mol. The molecule has 0 unspecified atom stereocenters. The highest BCUT2D eigenvalue weighted by atomic mass is 16.3. The van der Waals surface area contributed by atoms with Gasteiger partial charge in [0, 0.05) is 16.3 Å². The van der Waals surface area contributed by atoms with E-state index >= 15 is 0 Å². The summed E-state index contributed by atoms with van der Waals surface area (Å²) in [6.45, 7) is 0. The van der Waals surface area contributed by atoms with Gasteiger partial charge in [0.05, 0.1) is 19.2 Å². The Hall–Kier alpha value is -5.92. The van der Waals surface area contributed by atoms with Gasteiger partial charge in [0.15, 0.2) is 0 Å². The molecule has 1 heterocycles. The van der Waals surface area contributed by atoms with Gasteiger partial charge in [-0.25, -0.2) is 0 Å². The zero-order chi connectivity index (χ0) is 41.9. The second kappa shape index (κ2) is 10.4. The second-order valence-corrected chi connectivity index (χ2v) is 10.6. The van der Waals surface area contributed by atoms with Crippen LogP contribution in [0.2, 0.25) is 0 Å². The predicted octanol–water partition coefficient (Wildman–Crippen LogP) is 12.6. The molecule has 0 atom stereocenters. The van der Waals surface area contributed by atoms with Crippen molar-refractivity contribution >= 4 is 43.5 Å². The van der Waals surface area contributed by atoms with Crippen molar-refractivity contribution in [2.75, 3.05) is 0 Å². The number of benzene rings is 8. The molecule has 0 spiro atoms. The van der Waals surface area contributed by atoms with Gasteiger partial charge in [0.2, 0.25) is 0 Å². The third-order valence-corrected chi connectivity index (χ3v) is 8.16. The van der Waals surface area contributed by atoms with E-state index in [1.165, 1.54) is 0 Å². The van der Waals surface area contributed by atoms with Crippen molar-refractivity contribution in [3.63, 3.8) is 0 Å². The summed E-state index contributed by atoms with van der Waals surface area (Å²) >= 11 is 0. The molecule has 0 N–H and O–H groups in total. The van der Waals surface area contributed by atoms with Gasteiger partial charge in [-0.1, -0.05) is 151 Å². The molecule has 0 fully saturated rings. The lowest BCUT2D eigenvalue weighted by molar-refractivity contribution is 0.670. The SMILES string of the molecule is [2H]c1c([2H])c([2H])c(-c2c([2H])c([2H])c([2H])c([2H])c2-c2c3ccccc3c(-c3cc(-c4c([2H])c([2H])c([2H])c([2H])c4[2H])c4oc5ccccc5c4c3)c3ccccc23)c([2H])c1[2H]. The molecule has 0 aliphatic carbocycles. The first kappa shape index (κ1) is 15.2. The number of furan rings is 1. The standard InChI is InChI=1S/C44H28O/c1-3-15-29(16-4-1)32-19-7-8-21-34(32)43-37-24-11-9-22-35(37)42(36-23-10-12-25-38(36)43)31-27-39(30-17-5-2-6-18-30)44-40(28-31)33-20-13-14-26-41(33)45-44/h1-28H/i1D,2D,3D,4D,5D,6D,7D,8D,15D,16D,17D,18D,19D,21D. The smallest absolute Gasteiger partial charge is 0.143 e. The zero-order valence-electron chi connectivity index (χ0n) is 37.5. The number of para-hydroxylation sites is 1. The fourth-order valence-corrected chi connectivity index (χ4v) is 6.31. The summed E-state index contributed by atoms with van der Waals surface area (Å²) in [5.74, 6) is 0. The zero-order valence-corrected chi connectivity index (χ0v) is 23.5. The van der Waals surface area contributed by atoms with E-state index in [0.29, 0.717) is 54.8 Å². The van der Waals surface area contributed by atoms with E-state index in [9.17, 15) is 1.37 Å². The molecular formula is C44H28O. The maximum atomic E-state index is 9.35. The summed E-state index contributed by atoms with van der Waals surface area (Å²) in [5, 5.41) is 3.60. The molecular weight excluding hydrogens is 544 g/mol. The summed E-state index contributed by atoms with van der Waals surface area (Å²) < 4.78 is 128. The fraction of sp³-hybridized carbons (Fsp3) is 0. The molecule has 0 saturated heterocycles. The molecule has 1 heteroatoms. The Morgan fingerprint density at radius 1 is 0.378 bits per heavy atom. The molecule has 0 bridgehead atoms. The Labute approximate surface area is 281 Å². The number of hydrogen-bond donors (Lipinski definition) is 0. The molecule has 45 heavy (non-hydrogen) atoms. The van der Waals surface area contributed by atoms with Crippen LogP contribution in [0, 0.1) is 0 Å². The largest absolute Gasteiger partial charge is 0.455 e. The van der Waals surface area contributed by atoms with Gasteiger partial charge in [-0.15, -0.1) is 0 Å².